The molecule has 1 fully saturated rings. The number of hydrogen-bond acceptors (Lipinski definition) is 8. The molecule has 0 aliphatic carbocycles. The molecule has 0 unspecified atom stereocenters. The summed E-state index contributed by atoms with van der Waals surface area (Å²) in [6.45, 7) is 6.99. The van der Waals surface area contributed by atoms with Crippen molar-refractivity contribution in [1.82, 2.24) is 9.88 Å². The summed E-state index contributed by atoms with van der Waals surface area (Å²) in [6, 6.07) is 0. The smallest absolute Gasteiger partial charge is 0.430 e. The van der Waals surface area contributed by atoms with Crippen molar-refractivity contribution in [3.8, 4) is 0 Å². The van der Waals surface area contributed by atoms with Gasteiger partial charge in [-0.2, -0.15) is 0 Å². The number of β-lactam (4-membered cyclic amide) rings is 1. The van der Waals surface area contributed by atoms with Gasteiger partial charge in [0.25, 0.3) is 0 Å². The summed E-state index contributed by atoms with van der Waals surface area (Å²) in [6.07, 6.45) is 0.526. The minimum atomic E-state index is -0.900. The number of hydrogen-bond donors (Lipinski definition) is 1. The fourth-order valence-corrected chi connectivity index (χ4v) is 5.08. The number of aliphatic hydroxyl groups excluding tert-OH is 1. The lowest BCUT2D eigenvalue weighted by atomic mass is 10.00. The van der Waals surface area contributed by atoms with Crippen LogP contribution in [-0.4, -0.2) is 45.6 Å². The summed E-state index contributed by atoms with van der Waals surface area (Å²) in [5.74, 6) is -0.611. The number of aliphatic hydroxyl groups is 1. The zero-order chi connectivity index (χ0) is 17.4. The Hall–Kier alpha value is -1.84. The number of amides is 1. The van der Waals surface area contributed by atoms with Gasteiger partial charge in [0.2, 0.25) is 11.8 Å². The van der Waals surface area contributed by atoms with E-state index in [-0.39, 0.29) is 30.4 Å². The van der Waals surface area contributed by atoms with Gasteiger partial charge in [-0.3, -0.25) is 9.69 Å². The highest BCUT2D eigenvalue weighted by molar-refractivity contribution is 8.09. The number of rotatable bonds is 5. The lowest BCUT2D eigenvalue weighted by Gasteiger charge is -2.40. The Kier molecular flexibility index (Phi) is 4.66. The lowest BCUT2D eigenvalue weighted by molar-refractivity contribution is -0.151. The molecule has 2 atom stereocenters. The molecule has 0 bridgehead atoms. The Morgan fingerprint density at radius 2 is 2.25 bits per heavy atom. The molecular weight excluding hydrogens is 352 g/mol. The summed E-state index contributed by atoms with van der Waals surface area (Å²) < 4.78 is 10.1. The van der Waals surface area contributed by atoms with Crippen LogP contribution in [-0.2, 0) is 14.3 Å². The number of fused-ring (bicyclic) bond motifs is 1. The highest BCUT2D eigenvalue weighted by Gasteiger charge is 2.56. The maximum Gasteiger partial charge on any atom is 0.515 e. The van der Waals surface area contributed by atoms with E-state index in [0.717, 1.165) is 15.6 Å². The second-order valence-corrected chi connectivity index (χ2v) is 7.57. The molecular formula is C15H16N2O5S2. The van der Waals surface area contributed by atoms with E-state index in [0.29, 0.717) is 4.91 Å². The molecule has 128 valence electrons. The Morgan fingerprint density at radius 1 is 1.50 bits per heavy atom. The first kappa shape index (κ1) is 17.0. The first-order valence-electron chi connectivity index (χ1n) is 7.22. The Bertz CT molecular complexity index is 742. The summed E-state index contributed by atoms with van der Waals surface area (Å²) in [4.78, 5) is 31.3. The van der Waals surface area contributed by atoms with Crippen LogP contribution in [0.5, 0.6) is 0 Å². The van der Waals surface area contributed by atoms with Crippen molar-refractivity contribution in [2.24, 2.45) is 5.92 Å². The van der Waals surface area contributed by atoms with Crippen molar-refractivity contribution in [2.45, 2.75) is 19.2 Å². The normalized spacial score (nSPS) is 22.3. The largest absolute Gasteiger partial charge is 0.515 e. The summed E-state index contributed by atoms with van der Waals surface area (Å²) in [7, 11) is 0. The van der Waals surface area contributed by atoms with Crippen LogP contribution in [0.4, 0.5) is 4.79 Å². The Labute approximate surface area is 147 Å². The number of aryl methyl sites for hydroxylation is 2. The summed E-state index contributed by atoms with van der Waals surface area (Å²) in [5, 5.41) is 9.97. The van der Waals surface area contributed by atoms with Gasteiger partial charge in [-0.05, 0) is 13.8 Å². The van der Waals surface area contributed by atoms with Crippen molar-refractivity contribution < 1.29 is 24.2 Å². The van der Waals surface area contributed by atoms with E-state index < -0.39 is 12.1 Å². The molecule has 9 heteroatoms. The molecule has 0 spiro atoms. The van der Waals surface area contributed by atoms with Gasteiger partial charge in [0, 0.05) is 0 Å². The topological polar surface area (TPSA) is 89.0 Å². The maximum atomic E-state index is 12.2. The highest BCUT2D eigenvalue weighted by atomic mass is 32.2. The van der Waals surface area contributed by atoms with Gasteiger partial charge >= 0.3 is 6.16 Å². The SMILES string of the molecule is C=CCOC(=O)OC1=C(c2sc(C)nc2C)S[C@@H]2[C@@H](CO)C(=O)N12. The molecule has 2 aliphatic rings. The molecule has 1 amide bonds. The van der Waals surface area contributed by atoms with E-state index in [9.17, 15) is 14.7 Å². The van der Waals surface area contributed by atoms with Gasteiger partial charge in [0.15, 0.2) is 0 Å². The van der Waals surface area contributed by atoms with Crippen LogP contribution in [0.15, 0.2) is 18.5 Å². The van der Waals surface area contributed by atoms with Gasteiger partial charge in [-0.25, -0.2) is 9.78 Å². The van der Waals surface area contributed by atoms with Gasteiger partial charge in [0.05, 0.1) is 33.0 Å². The first-order valence-corrected chi connectivity index (χ1v) is 8.92. The minimum absolute atomic E-state index is 0.0178. The standard InChI is InChI=1S/C15H16N2O5S2/c1-4-5-21-15(20)22-13-11(10-7(2)16-8(3)23-10)24-14-9(6-18)12(19)17(13)14/h4,9,14,18H,1,5-6H2,2-3H3/t9-,14+/m0/s1. The fourth-order valence-electron chi connectivity index (χ4n) is 2.55. The van der Waals surface area contributed by atoms with Gasteiger partial charge in [-0.15, -0.1) is 11.3 Å². The van der Waals surface area contributed by atoms with Crippen molar-refractivity contribution >= 4 is 40.1 Å². The molecule has 0 aromatic carbocycles. The highest BCUT2D eigenvalue weighted by Crippen LogP contribution is 2.54. The Balaban J connectivity index is 1.94. The quantitative estimate of drug-likeness (QED) is 0.484. The predicted octanol–water partition coefficient (Wildman–Crippen LogP) is 2.25. The van der Waals surface area contributed by atoms with E-state index in [1.165, 1.54) is 34.1 Å². The van der Waals surface area contributed by atoms with Crippen LogP contribution in [0.3, 0.4) is 0 Å². The summed E-state index contributed by atoms with van der Waals surface area (Å²) >= 11 is 2.86. The maximum absolute atomic E-state index is 12.2. The number of nitrogens with zero attached hydrogens (tertiary/aromatic N) is 2. The average Bonchev–Trinajstić information content (AvgIpc) is 3.02. The second-order valence-electron chi connectivity index (χ2n) is 5.24. The first-order chi connectivity index (χ1) is 11.5. The van der Waals surface area contributed by atoms with E-state index in [1.807, 2.05) is 13.8 Å². The molecule has 1 saturated heterocycles. The third-order valence-corrected chi connectivity index (χ3v) is 6.23. The number of ether oxygens (including phenoxy) is 2. The molecule has 3 heterocycles. The van der Waals surface area contributed by atoms with Crippen LogP contribution in [0.1, 0.15) is 15.6 Å². The van der Waals surface area contributed by atoms with Crippen LogP contribution in [0.2, 0.25) is 0 Å². The molecule has 1 N–H and O–H groups in total. The van der Waals surface area contributed by atoms with Crippen molar-refractivity contribution in [3.05, 3.63) is 34.1 Å². The monoisotopic (exact) mass is 368 g/mol. The van der Waals surface area contributed by atoms with E-state index in [1.54, 1.807) is 0 Å². The van der Waals surface area contributed by atoms with Crippen LogP contribution in [0, 0.1) is 19.8 Å². The number of thioether (sulfide) groups is 1. The van der Waals surface area contributed by atoms with Gasteiger partial charge in [0.1, 0.15) is 12.0 Å². The third kappa shape index (κ3) is 2.72. The zero-order valence-electron chi connectivity index (χ0n) is 13.1. The van der Waals surface area contributed by atoms with Crippen molar-refractivity contribution in [1.29, 1.82) is 0 Å². The molecule has 3 rings (SSSR count). The molecule has 0 saturated carbocycles. The second kappa shape index (κ2) is 6.58. The lowest BCUT2D eigenvalue weighted by Crippen LogP contribution is -2.58. The molecule has 1 aromatic rings. The van der Waals surface area contributed by atoms with Crippen molar-refractivity contribution in [3.63, 3.8) is 0 Å². The fraction of sp³-hybridized carbons (Fsp3) is 0.400. The van der Waals surface area contributed by atoms with Crippen LogP contribution in [0.25, 0.3) is 4.91 Å². The van der Waals surface area contributed by atoms with E-state index in [4.69, 9.17) is 9.47 Å². The van der Waals surface area contributed by atoms with Gasteiger partial charge < -0.3 is 14.6 Å². The molecule has 7 nitrogen and oxygen atoms in total. The number of carbonyl (C=O) groups is 2. The predicted molar refractivity (Wildman–Crippen MR) is 89.9 cm³/mol. The van der Waals surface area contributed by atoms with Crippen LogP contribution < -0.4 is 0 Å². The molecule has 1 aromatic heterocycles. The van der Waals surface area contributed by atoms with Gasteiger partial charge in [-0.1, -0.05) is 24.4 Å². The zero-order valence-corrected chi connectivity index (χ0v) is 14.8. The number of carbonyl (C=O) groups excluding carboxylic acids is 2. The number of aromatic nitrogens is 1. The minimum Gasteiger partial charge on any atom is -0.430 e. The van der Waals surface area contributed by atoms with E-state index >= 15 is 0 Å². The Morgan fingerprint density at radius 3 is 2.83 bits per heavy atom. The van der Waals surface area contributed by atoms with E-state index in [2.05, 4.69) is 11.6 Å². The van der Waals surface area contributed by atoms with Crippen molar-refractivity contribution in [2.75, 3.05) is 13.2 Å². The molecule has 0 radical (unpaired) electrons. The third-order valence-electron chi connectivity index (χ3n) is 3.61. The average molecular weight is 368 g/mol. The van der Waals surface area contributed by atoms with Crippen LogP contribution >= 0.6 is 23.1 Å². The molecule has 2 aliphatic heterocycles. The number of thiazole rings is 1. The molecule has 24 heavy (non-hydrogen) atoms. The summed E-state index contributed by atoms with van der Waals surface area (Å²) in [5.41, 5.74) is 0.802.